The van der Waals surface area contributed by atoms with Crippen LogP contribution in [0, 0.1) is 5.92 Å². The molecule has 1 heterocycles. The van der Waals surface area contributed by atoms with Crippen LogP contribution in [0.1, 0.15) is 25.7 Å². The van der Waals surface area contributed by atoms with Crippen LogP contribution < -0.4 is 16.7 Å². The Labute approximate surface area is 122 Å². The fraction of sp³-hybridized carbons (Fsp3) is 0.375. The van der Waals surface area contributed by atoms with Gasteiger partial charge in [0.1, 0.15) is 5.58 Å². The Morgan fingerprint density at radius 1 is 1.29 bits per heavy atom. The number of benzene rings is 1. The van der Waals surface area contributed by atoms with Crippen molar-refractivity contribution in [3.8, 4) is 0 Å². The Morgan fingerprint density at radius 3 is 2.90 bits per heavy atom. The minimum absolute atomic E-state index is 0.0194. The molecule has 0 bridgehead atoms. The number of fused-ring (bicyclic) bond motifs is 1. The van der Waals surface area contributed by atoms with Crippen molar-refractivity contribution in [2.75, 3.05) is 5.32 Å². The van der Waals surface area contributed by atoms with E-state index in [0.717, 1.165) is 24.6 Å². The molecule has 110 valence electrons. The second-order valence-electron chi connectivity index (χ2n) is 5.61. The van der Waals surface area contributed by atoms with Gasteiger partial charge in [0, 0.05) is 29.6 Å². The number of rotatable bonds is 3. The molecular formula is C16H18N2O3. The van der Waals surface area contributed by atoms with Gasteiger partial charge in [0.25, 0.3) is 0 Å². The first-order chi connectivity index (χ1) is 10.1. The lowest BCUT2D eigenvalue weighted by Crippen LogP contribution is -2.28. The zero-order valence-corrected chi connectivity index (χ0v) is 11.7. The Balaban J connectivity index is 1.71. The molecule has 5 nitrogen and oxygen atoms in total. The highest BCUT2D eigenvalue weighted by Gasteiger charge is 2.25. The van der Waals surface area contributed by atoms with Gasteiger partial charge >= 0.3 is 5.63 Å². The maximum atomic E-state index is 12.1. The van der Waals surface area contributed by atoms with Crippen molar-refractivity contribution >= 4 is 22.6 Å². The van der Waals surface area contributed by atoms with Crippen LogP contribution in [0.5, 0.6) is 0 Å². The van der Waals surface area contributed by atoms with E-state index in [-0.39, 0.29) is 23.5 Å². The van der Waals surface area contributed by atoms with Crippen molar-refractivity contribution in [1.29, 1.82) is 0 Å². The third-order valence-corrected chi connectivity index (χ3v) is 4.07. The molecular weight excluding hydrogens is 268 g/mol. The minimum atomic E-state index is -0.380. The molecule has 1 aliphatic carbocycles. The zero-order valence-electron chi connectivity index (χ0n) is 11.7. The van der Waals surface area contributed by atoms with Gasteiger partial charge in [-0.15, -0.1) is 0 Å². The summed E-state index contributed by atoms with van der Waals surface area (Å²) in [5, 5.41) is 3.66. The summed E-state index contributed by atoms with van der Waals surface area (Å²) in [5.41, 5.74) is 6.82. The van der Waals surface area contributed by atoms with Crippen molar-refractivity contribution in [3.63, 3.8) is 0 Å². The Hall–Kier alpha value is -2.14. The predicted molar refractivity (Wildman–Crippen MR) is 81.0 cm³/mol. The molecule has 0 aliphatic heterocycles. The van der Waals surface area contributed by atoms with Gasteiger partial charge in [-0.25, -0.2) is 4.79 Å². The zero-order chi connectivity index (χ0) is 14.8. The van der Waals surface area contributed by atoms with Crippen LogP contribution in [0.4, 0.5) is 5.69 Å². The normalized spacial score (nSPS) is 21.6. The predicted octanol–water partition coefficient (Wildman–Crippen LogP) is 2.25. The molecule has 1 aliphatic rings. The van der Waals surface area contributed by atoms with E-state index in [0.29, 0.717) is 17.7 Å². The lowest BCUT2D eigenvalue weighted by Gasteiger charge is -2.14. The van der Waals surface area contributed by atoms with E-state index in [1.807, 2.05) is 0 Å². The molecule has 1 saturated carbocycles. The number of hydrogen-bond donors (Lipinski definition) is 2. The molecule has 2 aromatic rings. The first-order valence-electron chi connectivity index (χ1n) is 7.21. The summed E-state index contributed by atoms with van der Waals surface area (Å²) in [7, 11) is 0. The summed E-state index contributed by atoms with van der Waals surface area (Å²) in [4.78, 5) is 23.2. The van der Waals surface area contributed by atoms with Gasteiger partial charge in [0.15, 0.2) is 0 Å². The van der Waals surface area contributed by atoms with Crippen molar-refractivity contribution < 1.29 is 9.21 Å². The van der Waals surface area contributed by atoms with Gasteiger partial charge in [-0.2, -0.15) is 0 Å². The van der Waals surface area contributed by atoms with Gasteiger partial charge < -0.3 is 15.5 Å². The van der Waals surface area contributed by atoms with Crippen LogP contribution in [-0.4, -0.2) is 11.9 Å². The molecule has 0 radical (unpaired) electrons. The smallest absolute Gasteiger partial charge is 0.336 e. The quantitative estimate of drug-likeness (QED) is 0.847. The van der Waals surface area contributed by atoms with Crippen molar-refractivity contribution in [1.82, 2.24) is 0 Å². The number of nitrogens with two attached hydrogens (primary N) is 1. The monoisotopic (exact) mass is 286 g/mol. The number of amides is 1. The van der Waals surface area contributed by atoms with Crippen molar-refractivity contribution in [3.05, 3.63) is 40.8 Å². The molecule has 5 heteroatoms. The summed E-state index contributed by atoms with van der Waals surface area (Å²) in [5.74, 6) is 0.262. The number of anilines is 1. The summed E-state index contributed by atoms with van der Waals surface area (Å²) in [6.07, 6.45) is 3.60. The fourth-order valence-corrected chi connectivity index (χ4v) is 2.92. The highest BCUT2D eigenvalue weighted by Crippen LogP contribution is 2.27. The highest BCUT2D eigenvalue weighted by atomic mass is 16.4. The number of carbonyl (C=O) groups excluding carboxylic acids is 1. The third-order valence-electron chi connectivity index (χ3n) is 4.07. The van der Waals surface area contributed by atoms with Gasteiger partial charge in [0.2, 0.25) is 5.91 Å². The largest absolute Gasteiger partial charge is 0.423 e. The fourth-order valence-electron chi connectivity index (χ4n) is 2.92. The Morgan fingerprint density at radius 2 is 2.14 bits per heavy atom. The number of nitrogens with one attached hydrogen (secondary N) is 1. The van der Waals surface area contributed by atoms with E-state index in [2.05, 4.69) is 5.32 Å². The Kier molecular flexibility index (Phi) is 3.75. The summed E-state index contributed by atoms with van der Waals surface area (Å²) >= 11 is 0. The van der Waals surface area contributed by atoms with Crippen LogP contribution in [0.2, 0.25) is 0 Å². The summed E-state index contributed by atoms with van der Waals surface area (Å²) < 4.78 is 5.06. The number of carbonyl (C=O) groups is 1. The minimum Gasteiger partial charge on any atom is -0.423 e. The van der Waals surface area contributed by atoms with Gasteiger partial charge in [-0.05, 0) is 43.0 Å². The molecule has 1 aromatic carbocycles. The van der Waals surface area contributed by atoms with Gasteiger partial charge in [-0.3, -0.25) is 4.79 Å². The van der Waals surface area contributed by atoms with E-state index in [4.69, 9.17) is 10.2 Å². The Bertz CT molecular complexity index is 723. The molecule has 1 amide bonds. The first kappa shape index (κ1) is 13.8. The van der Waals surface area contributed by atoms with E-state index in [9.17, 15) is 9.59 Å². The lowest BCUT2D eigenvalue weighted by atomic mass is 10.00. The van der Waals surface area contributed by atoms with Gasteiger partial charge in [-0.1, -0.05) is 6.42 Å². The third kappa shape index (κ3) is 3.13. The average molecular weight is 286 g/mol. The molecule has 1 aromatic heterocycles. The molecule has 3 N–H and O–H groups in total. The van der Waals surface area contributed by atoms with Crippen molar-refractivity contribution in [2.24, 2.45) is 11.7 Å². The molecule has 0 spiro atoms. The van der Waals surface area contributed by atoms with Crippen LogP contribution in [0.3, 0.4) is 0 Å². The second-order valence-corrected chi connectivity index (χ2v) is 5.61. The second kappa shape index (κ2) is 5.69. The maximum Gasteiger partial charge on any atom is 0.336 e. The summed E-state index contributed by atoms with van der Waals surface area (Å²) in [6.45, 7) is 0. The van der Waals surface area contributed by atoms with Crippen LogP contribution in [-0.2, 0) is 4.79 Å². The van der Waals surface area contributed by atoms with E-state index in [1.54, 1.807) is 24.3 Å². The van der Waals surface area contributed by atoms with Gasteiger partial charge in [0.05, 0.1) is 0 Å². The lowest BCUT2D eigenvalue weighted by molar-refractivity contribution is -0.117. The first-order valence-corrected chi connectivity index (χ1v) is 7.21. The molecule has 0 saturated heterocycles. The van der Waals surface area contributed by atoms with Crippen LogP contribution >= 0.6 is 0 Å². The van der Waals surface area contributed by atoms with E-state index in [1.165, 1.54) is 6.07 Å². The maximum absolute atomic E-state index is 12.1. The topological polar surface area (TPSA) is 85.3 Å². The van der Waals surface area contributed by atoms with Crippen molar-refractivity contribution in [2.45, 2.75) is 31.7 Å². The number of hydrogen-bond acceptors (Lipinski definition) is 4. The molecule has 1 fully saturated rings. The van der Waals surface area contributed by atoms with E-state index >= 15 is 0 Å². The average Bonchev–Trinajstić information content (AvgIpc) is 2.84. The standard InChI is InChI=1S/C16H18N2O3/c17-13-3-1-2-10(13)9-15(19)18-12-5-6-14-11(8-12)4-7-16(20)21-14/h4-8,10,13H,1-3,9,17H2,(H,18,19)/t10-,13+/m0/s1. The SMILES string of the molecule is N[C@@H]1CCC[C@H]1CC(=O)Nc1ccc2oc(=O)ccc2c1. The molecule has 3 rings (SSSR count). The molecule has 21 heavy (non-hydrogen) atoms. The van der Waals surface area contributed by atoms with Crippen LogP contribution in [0.15, 0.2) is 39.5 Å². The van der Waals surface area contributed by atoms with Crippen LogP contribution in [0.25, 0.3) is 11.0 Å². The van der Waals surface area contributed by atoms with E-state index < -0.39 is 0 Å². The molecule has 0 unspecified atom stereocenters. The summed E-state index contributed by atoms with van der Waals surface area (Å²) in [6, 6.07) is 8.41. The molecule has 2 atom stereocenters. The highest BCUT2D eigenvalue weighted by molar-refractivity contribution is 5.93.